The van der Waals surface area contributed by atoms with Crippen molar-refractivity contribution in [3.05, 3.63) is 28.0 Å². The van der Waals surface area contributed by atoms with Crippen LogP contribution in [0.5, 0.6) is 0 Å². The first-order valence-corrected chi connectivity index (χ1v) is 16.4. The molecule has 4 N–H and O–H groups in total. The van der Waals surface area contributed by atoms with Crippen LogP contribution in [0.25, 0.3) is 5.53 Å². The monoisotopic (exact) mass is 618 g/mol. The predicted octanol–water partition coefficient (Wildman–Crippen LogP) is 5.57. The zero-order chi connectivity index (χ0) is 33.1. The van der Waals surface area contributed by atoms with Gasteiger partial charge in [-0.1, -0.05) is 41.5 Å². The fourth-order valence-electron chi connectivity index (χ4n) is 7.79. The molecule has 10 heteroatoms. The van der Waals surface area contributed by atoms with E-state index < -0.39 is 35.1 Å². The van der Waals surface area contributed by atoms with E-state index in [0.717, 1.165) is 12.8 Å². The molecule has 2 heterocycles. The number of allylic oxidation sites excluding steroid dienone is 2. The largest absolute Gasteiger partial charge is 0.507 e. The van der Waals surface area contributed by atoms with Gasteiger partial charge >= 0.3 is 5.97 Å². The third-order valence-corrected chi connectivity index (χ3v) is 11.0. The average molecular weight is 619 g/mol. The Hall–Kier alpha value is -2.36. The minimum Gasteiger partial charge on any atom is -0.507 e. The lowest BCUT2D eigenvalue weighted by molar-refractivity contribution is -0.229. The summed E-state index contributed by atoms with van der Waals surface area (Å²) >= 11 is 0. The van der Waals surface area contributed by atoms with Gasteiger partial charge in [-0.05, 0) is 82.6 Å². The summed E-state index contributed by atoms with van der Waals surface area (Å²) in [6.07, 6.45) is 2.81. The van der Waals surface area contributed by atoms with E-state index in [0.29, 0.717) is 37.7 Å². The number of ether oxygens (including phenoxy) is 2. The Kier molecular flexibility index (Phi) is 11.8. The van der Waals surface area contributed by atoms with Gasteiger partial charge in [-0.15, -0.1) is 0 Å². The molecular weight excluding hydrogens is 564 g/mol. The van der Waals surface area contributed by atoms with Crippen molar-refractivity contribution in [2.24, 2.45) is 23.7 Å². The van der Waals surface area contributed by atoms with E-state index in [2.05, 4.69) is 18.6 Å². The lowest BCUT2D eigenvalue weighted by atomic mass is 9.76. The van der Waals surface area contributed by atoms with Crippen LogP contribution in [0.4, 0.5) is 0 Å². The summed E-state index contributed by atoms with van der Waals surface area (Å²) in [5, 5.41) is 42.4. The molecule has 10 unspecified atom stereocenters. The van der Waals surface area contributed by atoms with Crippen LogP contribution < -0.4 is 0 Å². The van der Waals surface area contributed by atoms with Crippen molar-refractivity contribution in [1.82, 2.24) is 0 Å². The SMILES string of the molecule is CCC(C(=O)C(C)C(O)C(C)CCC1=C(C(=O)O)C(O)=C(C)CC1=[N+]=[N-])C1OC(CC)(C2CCC(O)(CC)C(C)O2)CC1C. The zero-order valence-electron chi connectivity index (χ0n) is 27.8. The summed E-state index contributed by atoms with van der Waals surface area (Å²) in [6.45, 7) is 15.2. The number of carboxylic acids is 1. The first kappa shape index (κ1) is 36.1. The van der Waals surface area contributed by atoms with Crippen LogP contribution in [0.1, 0.15) is 113 Å². The molecule has 10 nitrogen and oxygen atoms in total. The number of hydrogen-bond donors (Lipinski definition) is 4. The van der Waals surface area contributed by atoms with Crippen LogP contribution >= 0.6 is 0 Å². The highest BCUT2D eigenvalue weighted by molar-refractivity contribution is 6.08. The highest BCUT2D eigenvalue weighted by atomic mass is 16.6. The number of aliphatic carboxylic acids is 1. The third kappa shape index (κ3) is 6.90. The molecule has 3 rings (SSSR count). The van der Waals surface area contributed by atoms with Gasteiger partial charge in [-0.3, -0.25) is 4.79 Å². The normalized spacial score (nSPS) is 34.0. The van der Waals surface area contributed by atoms with Gasteiger partial charge in [0.05, 0.1) is 47.6 Å². The highest BCUT2D eigenvalue weighted by Gasteiger charge is 2.55. The number of hydrogen-bond acceptors (Lipinski definition) is 7. The van der Waals surface area contributed by atoms with Gasteiger partial charge < -0.3 is 35.4 Å². The molecule has 3 aliphatic rings. The molecule has 2 fully saturated rings. The Labute approximate surface area is 262 Å². The molecule has 0 bridgehead atoms. The second-order valence-electron chi connectivity index (χ2n) is 13.7. The molecular formula is C34H54N2O8. The quantitative estimate of drug-likeness (QED) is 0.153. The van der Waals surface area contributed by atoms with Gasteiger partial charge in [0, 0.05) is 11.8 Å². The Balaban J connectivity index is 1.73. The summed E-state index contributed by atoms with van der Waals surface area (Å²) in [4.78, 5) is 29.2. The highest BCUT2D eigenvalue weighted by Crippen LogP contribution is 2.48. The number of carbonyl (C=O) groups is 2. The molecule has 0 aromatic heterocycles. The van der Waals surface area contributed by atoms with Gasteiger partial charge in [0.25, 0.3) is 5.71 Å². The van der Waals surface area contributed by atoms with Crippen molar-refractivity contribution in [3.63, 3.8) is 0 Å². The maximum atomic E-state index is 13.9. The van der Waals surface area contributed by atoms with E-state index in [9.17, 15) is 35.5 Å². The molecule has 0 saturated carbocycles. The van der Waals surface area contributed by atoms with Crippen molar-refractivity contribution < 1.29 is 44.3 Å². The molecule has 0 radical (unpaired) electrons. The number of ketones is 1. The summed E-state index contributed by atoms with van der Waals surface area (Å²) in [6, 6.07) is 0. The lowest BCUT2D eigenvalue weighted by Crippen LogP contribution is -2.55. The van der Waals surface area contributed by atoms with E-state index in [1.165, 1.54) is 0 Å². The number of nitrogens with zero attached hydrogens (tertiary/aromatic N) is 2. The zero-order valence-corrected chi connectivity index (χ0v) is 27.8. The fraction of sp³-hybridized carbons (Fsp3) is 0.794. The van der Waals surface area contributed by atoms with Crippen LogP contribution in [0, 0.1) is 23.7 Å². The first-order valence-electron chi connectivity index (χ1n) is 16.4. The average Bonchev–Trinajstić information content (AvgIpc) is 3.34. The smallest absolute Gasteiger partial charge is 0.340 e. The van der Waals surface area contributed by atoms with E-state index in [1.54, 1.807) is 13.8 Å². The summed E-state index contributed by atoms with van der Waals surface area (Å²) in [5.41, 5.74) is 8.66. The van der Waals surface area contributed by atoms with Crippen molar-refractivity contribution in [1.29, 1.82) is 0 Å². The van der Waals surface area contributed by atoms with Crippen molar-refractivity contribution in [2.75, 3.05) is 0 Å². The standard InChI is InChI=1S/C34H54N2O8/c1-9-23(31-20(6)17-34(11-3,44-31)26-14-15-33(42,10-2)22(8)43-26)30(39)21(7)28(37)18(4)12-13-24-25(36-35)16-19(5)29(38)27(24)32(40)41/h18,20-23,26,28,31,37-38,42H,9-17H2,1-8H3,(H,40,41). The number of rotatable bonds is 13. The van der Waals surface area contributed by atoms with E-state index in [-0.39, 0.29) is 71.4 Å². The molecule has 0 amide bonds. The fourth-order valence-corrected chi connectivity index (χ4v) is 7.79. The number of aliphatic hydroxyl groups is 3. The van der Waals surface area contributed by atoms with E-state index in [4.69, 9.17) is 9.47 Å². The second kappa shape index (κ2) is 14.4. The Bertz CT molecular complexity index is 1210. The lowest BCUT2D eigenvalue weighted by Gasteiger charge is -2.47. The van der Waals surface area contributed by atoms with Crippen molar-refractivity contribution >= 4 is 17.5 Å². The number of Topliss-reactive ketones (excluding diaryl/α,β-unsaturated/α-hetero) is 1. The molecule has 10 atom stereocenters. The Morgan fingerprint density at radius 2 is 1.82 bits per heavy atom. The van der Waals surface area contributed by atoms with Crippen molar-refractivity contribution in [3.8, 4) is 0 Å². The second-order valence-corrected chi connectivity index (χ2v) is 13.7. The van der Waals surface area contributed by atoms with Crippen LogP contribution in [-0.4, -0.2) is 78.3 Å². The minimum absolute atomic E-state index is 0.0641. The molecule has 2 saturated heterocycles. The van der Waals surface area contributed by atoms with Gasteiger partial charge in [-0.25, -0.2) is 4.79 Å². The number of carbonyl (C=O) groups excluding carboxylic acids is 1. The summed E-state index contributed by atoms with van der Waals surface area (Å²) < 4.78 is 13.2. The van der Waals surface area contributed by atoms with E-state index in [1.807, 2.05) is 27.7 Å². The summed E-state index contributed by atoms with van der Waals surface area (Å²) in [5.74, 6) is -3.09. The molecule has 2 aliphatic heterocycles. The first-order chi connectivity index (χ1) is 20.6. The maximum Gasteiger partial charge on any atom is 0.340 e. The Morgan fingerprint density at radius 3 is 2.34 bits per heavy atom. The molecule has 0 aromatic carbocycles. The maximum absolute atomic E-state index is 13.9. The van der Waals surface area contributed by atoms with Crippen LogP contribution in [0.15, 0.2) is 22.5 Å². The van der Waals surface area contributed by atoms with Gasteiger partial charge in [0.1, 0.15) is 17.1 Å². The van der Waals surface area contributed by atoms with Gasteiger partial charge in [-0.2, -0.15) is 4.79 Å². The molecule has 1 aliphatic carbocycles. The van der Waals surface area contributed by atoms with Gasteiger partial charge in [0.2, 0.25) is 0 Å². The minimum atomic E-state index is -1.32. The molecule has 248 valence electrons. The van der Waals surface area contributed by atoms with Gasteiger partial charge in [0.15, 0.2) is 0 Å². The van der Waals surface area contributed by atoms with Crippen molar-refractivity contribution in [2.45, 2.75) is 149 Å². The molecule has 0 aromatic rings. The predicted molar refractivity (Wildman–Crippen MR) is 166 cm³/mol. The third-order valence-electron chi connectivity index (χ3n) is 11.0. The van der Waals surface area contributed by atoms with E-state index >= 15 is 0 Å². The summed E-state index contributed by atoms with van der Waals surface area (Å²) in [7, 11) is 0. The number of aliphatic hydroxyl groups excluding tert-OH is 2. The topological polar surface area (TPSA) is 170 Å². The Morgan fingerprint density at radius 1 is 1.16 bits per heavy atom. The van der Waals surface area contributed by atoms with Crippen LogP contribution in [0.3, 0.4) is 0 Å². The number of carboxylic acid groups (broad SMARTS) is 1. The molecule has 44 heavy (non-hydrogen) atoms. The molecule has 0 spiro atoms. The van der Waals surface area contributed by atoms with Crippen LogP contribution in [-0.2, 0) is 19.1 Å². The van der Waals surface area contributed by atoms with Crippen LogP contribution in [0.2, 0.25) is 0 Å².